The molecule has 0 spiro atoms. The SMILES string of the molecule is CCCC(C)c1nc(C=CC2=CC=CC/C2=C\OC)cs1. The van der Waals surface area contributed by atoms with Crippen molar-refractivity contribution in [2.45, 2.75) is 39.0 Å². The average Bonchev–Trinajstić information content (AvgIpc) is 2.96. The molecule has 1 aliphatic rings. The first-order valence-corrected chi connectivity index (χ1v) is 8.35. The molecule has 1 aromatic rings. The number of aromatic nitrogens is 1. The molecule has 0 saturated carbocycles. The summed E-state index contributed by atoms with van der Waals surface area (Å²) >= 11 is 1.76. The van der Waals surface area contributed by atoms with Gasteiger partial charge in [0.1, 0.15) is 0 Å². The van der Waals surface area contributed by atoms with Crippen LogP contribution in [0.15, 0.2) is 47.1 Å². The Hall–Kier alpha value is -1.61. The van der Waals surface area contributed by atoms with Crippen molar-refractivity contribution in [3.63, 3.8) is 0 Å². The van der Waals surface area contributed by atoms with Crippen molar-refractivity contribution in [1.29, 1.82) is 0 Å². The van der Waals surface area contributed by atoms with Crippen molar-refractivity contribution in [3.8, 4) is 0 Å². The first kappa shape index (κ1) is 15.8. The lowest BCUT2D eigenvalue weighted by atomic mass is 9.99. The zero-order valence-electron chi connectivity index (χ0n) is 13.0. The van der Waals surface area contributed by atoms with Crippen LogP contribution in [-0.4, -0.2) is 12.1 Å². The number of ether oxygens (including phenoxy) is 1. The Kier molecular flexibility index (Phi) is 6.00. The summed E-state index contributed by atoms with van der Waals surface area (Å²) in [5.74, 6) is 0.558. The molecule has 112 valence electrons. The van der Waals surface area contributed by atoms with E-state index in [9.17, 15) is 0 Å². The molecule has 1 aromatic heterocycles. The molecule has 0 radical (unpaired) electrons. The highest BCUT2D eigenvalue weighted by atomic mass is 32.1. The van der Waals surface area contributed by atoms with Crippen molar-refractivity contribution in [1.82, 2.24) is 4.98 Å². The molecular weight excluding hydrogens is 278 g/mol. The molecule has 0 fully saturated rings. The van der Waals surface area contributed by atoms with Crippen LogP contribution in [0.1, 0.15) is 49.7 Å². The second-order valence-corrected chi connectivity index (χ2v) is 6.16. The molecule has 1 unspecified atom stereocenters. The highest BCUT2D eigenvalue weighted by Gasteiger charge is 2.09. The van der Waals surface area contributed by atoms with E-state index in [4.69, 9.17) is 9.72 Å². The van der Waals surface area contributed by atoms with Crippen LogP contribution in [0.25, 0.3) is 6.08 Å². The maximum absolute atomic E-state index is 5.14. The highest BCUT2D eigenvalue weighted by Crippen LogP contribution is 2.26. The third-order valence-electron chi connectivity index (χ3n) is 3.50. The number of methoxy groups -OCH3 is 1. The number of nitrogens with zero attached hydrogens (tertiary/aromatic N) is 1. The van der Waals surface area contributed by atoms with Crippen LogP contribution in [0, 0.1) is 0 Å². The molecular formula is C18H23NOS. The lowest BCUT2D eigenvalue weighted by Gasteiger charge is -2.09. The quantitative estimate of drug-likeness (QED) is 0.649. The Labute approximate surface area is 131 Å². The van der Waals surface area contributed by atoms with Gasteiger partial charge in [-0.2, -0.15) is 0 Å². The minimum Gasteiger partial charge on any atom is -0.504 e. The fourth-order valence-electron chi connectivity index (χ4n) is 2.35. The highest BCUT2D eigenvalue weighted by molar-refractivity contribution is 7.09. The van der Waals surface area contributed by atoms with E-state index >= 15 is 0 Å². The fraction of sp³-hybridized carbons (Fsp3) is 0.389. The standard InChI is InChI=1S/C18H23NOS/c1-4-7-14(2)18-19-17(13-21-18)11-10-15-8-5-6-9-16(15)12-20-3/h5-6,8,10-14H,4,7,9H2,1-3H3/b11-10?,16-12+. The Balaban J connectivity index is 2.08. The van der Waals surface area contributed by atoms with Crippen molar-refractivity contribution in [2.75, 3.05) is 7.11 Å². The summed E-state index contributed by atoms with van der Waals surface area (Å²) in [6.45, 7) is 4.47. The molecule has 1 atom stereocenters. The van der Waals surface area contributed by atoms with Gasteiger partial charge in [-0.05, 0) is 30.1 Å². The predicted molar refractivity (Wildman–Crippen MR) is 91.4 cm³/mol. The maximum atomic E-state index is 5.14. The number of hydrogen-bond acceptors (Lipinski definition) is 3. The van der Waals surface area contributed by atoms with Gasteiger partial charge in [0.15, 0.2) is 0 Å². The van der Waals surface area contributed by atoms with E-state index in [2.05, 4.69) is 49.6 Å². The number of rotatable bonds is 6. The van der Waals surface area contributed by atoms with Gasteiger partial charge < -0.3 is 4.74 Å². The smallest absolute Gasteiger partial charge is 0.0960 e. The van der Waals surface area contributed by atoms with Gasteiger partial charge in [-0.15, -0.1) is 11.3 Å². The monoisotopic (exact) mass is 301 g/mol. The van der Waals surface area contributed by atoms with Crippen molar-refractivity contribution >= 4 is 17.4 Å². The summed E-state index contributed by atoms with van der Waals surface area (Å²) in [5, 5.41) is 3.37. The number of allylic oxidation sites excluding steroid dienone is 6. The van der Waals surface area contributed by atoms with Gasteiger partial charge in [-0.3, -0.25) is 0 Å². The second kappa shape index (κ2) is 7.99. The van der Waals surface area contributed by atoms with Crippen LogP contribution >= 0.6 is 11.3 Å². The summed E-state index contributed by atoms with van der Waals surface area (Å²) in [6.07, 6.45) is 15.7. The third kappa shape index (κ3) is 4.43. The van der Waals surface area contributed by atoms with Crippen LogP contribution in [0.3, 0.4) is 0 Å². The minimum atomic E-state index is 0.558. The molecule has 0 amide bonds. The van der Waals surface area contributed by atoms with Gasteiger partial charge in [0.05, 0.1) is 24.1 Å². The second-order valence-electron chi connectivity index (χ2n) is 5.27. The first-order valence-electron chi connectivity index (χ1n) is 7.47. The molecule has 3 heteroatoms. The zero-order valence-corrected chi connectivity index (χ0v) is 13.8. The van der Waals surface area contributed by atoms with Gasteiger partial charge in [-0.1, -0.05) is 44.6 Å². The lowest BCUT2D eigenvalue weighted by Crippen LogP contribution is -1.92. The van der Waals surface area contributed by atoms with Crippen molar-refractivity contribution in [3.05, 3.63) is 57.8 Å². The average molecular weight is 301 g/mol. The molecule has 0 bridgehead atoms. The summed E-state index contributed by atoms with van der Waals surface area (Å²) in [4.78, 5) is 4.72. The lowest BCUT2D eigenvalue weighted by molar-refractivity contribution is 0.334. The van der Waals surface area contributed by atoms with Gasteiger partial charge in [0, 0.05) is 11.3 Å². The van der Waals surface area contributed by atoms with Gasteiger partial charge in [-0.25, -0.2) is 4.98 Å². The van der Waals surface area contributed by atoms with Crippen LogP contribution in [0.2, 0.25) is 0 Å². The maximum Gasteiger partial charge on any atom is 0.0960 e. The van der Waals surface area contributed by atoms with E-state index in [1.807, 2.05) is 6.26 Å². The zero-order chi connectivity index (χ0) is 15.1. The Morgan fingerprint density at radius 2 is 2.29 bits per heavy atom. The fourth-order valence-corrected chi connectivity index (χ4v) is 3.23. The van der Waals surface area contributed by atoms with E-state index in [1.54, 1.807) is 18.4 Å². The normalized spacial score (nSPS) is 18.2. The van der Waals surface area contributed by atoms with Crippen LogP contribution < -0.4 is 0 Å². The van der Waals surface area contributed by atoms with E-state index in [0.717, 1.165) is 12.1 Å². The Bertz CT molecular complexity index is 578. The summed E-state index contributed by atoms with van der Waals surface area (Å²) < 4.78 is 5.14. The molecule has 1 heterocycles. The predicted octanol–water partition coefficient (Wildman–Crippen LogP) is 5.48. The van der Waals surface area contributed by atoms with E-state index < -0.39 is 0 Å². The van der Waals surface area contributed by atoms with Crippen molar-refractivity contribution < 1.29 is 4.74 Å². The van der Waals surface area contributed by atoms with Crippen molar-refractivity contribution in [2.24, 2.45) is 0 Å². The summed E-state index contributed by atoms with van der Waals surface area (Å²) in [5.41, 5.74) is 3.44. The molecule has 0 N–H and O–H groups in total. The first-order chi connectivity index (χ1) is 10.2. The summed E-state index contributed by atoms with van der Waals surface area (Å²) in [7, 11) is 1.69. The Morgan fingerprint density at radius 3 is 3.05 bits per heavy atom. The van der Waals surface area contributed by atoms with Crippen LogP contribution in [0.5, 0.6) is 0 Å². The molecule has 1 aliphatic carbocycles. The topological polar surface area (TPSA) is 22.1 Å². The number of thiazole rings is 1. The number of hydrogen-bond donors (Lipinski definition) is 0. The molecule has 0 aromatic carbocycles. The molecule has 0 saturated heterocycles. The van der Waals surface area contributed by atoms with Crippen LogP contribution in [-0.2, 0) is 4.74 Å². The third-order valence-corrected chi connectivity index (χ3v) is 4.59. The van der Waals surface area contributed by atoms with Gasteiger partial charge in [0.2, 0.25) is 0 Å². The minimum absolute atomic E-state index is 0.558. The molecule has 2 nitrogen and oxygen atoms in total. The molecule has 0 aliphatic heterocycles. The molecule has 2 rings (SSSR count). The molecule has 21 heavy (non-hydrogen) atoms. The summed E-state index contributed by atoms with van der Waals surface area (Å²) in [6, 6.07) is 0. The van der Waals surface area contributed by atoms with E-state index in [0.29, 0.717) is 5.92 Å². The van der Waals surface area contributed by atoms with Gasteiger partial charge >= 0.3 is 0 Å². The van der Waals surface area contributed by atoms with E-state index in [1.165, 1.54) is 29.0 Å². The van der Waals surface area contributed by atoms with Gasteiger partial charge in [0.25, 0.3) is 0 Å². The van der Waals surface area contributed by atoms with E-state index in [-0.39, 0.29) is 0 Å². The largest absolute Gasteiger partial charge is 0.504 e. The Morgan fingerprint density at radius 1 is 1.43 bits per heavy atom. The van der Waals surface area contributed by atoms with Crippen LogP contribution in [0.4, 0.5) is 0 Å².